The van der Waals surface area contributed by atoms with E-state index in [1.807, 2.05) is 42.6 Å². The molecule has 4 aromatic rings. The van der Waals surface area contributed by atoms with Crippen molar-refractivity contribution in [3.05, 3.63) is 90.1 Å². The van der Waals surface area contributed by atoms with Crippen LogP contribution in [-0.4, -0.2) is 15.1 Å². The number of nitrogens with zero attached hydrogens (tertiary/aromatic N) is 2. The lowest BCUT2D eigenvalue weighted by atomic mass is 9.83. The van der Waals surface area contributed by atoms with E-state index in [-0.39, 0.29) is 16.6 Å². The molecule has 0 saturated carbocycles. The highest BCUT2D eigenvalue weighted by Gasteiger charge is 2.21. The maximum absolute atomic E-state index is 10.5. The van der Waals surface area contributed by atoms with Crippen molar-refractivity contribution in [3.63, 3.8) is 0 Å². The van der Waals surface area contributed by atoms with Crippen molar-refractivity contribution in [2.24, 2.45) is 0 Å². The molecule has 2 heterocycles. The van der Waals surface area contributed by atoms with E-state index < -0.39 is 0 Å². The van der Waals surface area contributed by atoms with Crippen LogP contribution in [0.3, 0.4) is 0 Å². The Morgan fingerprint density at radius 2 is 1.18 bits per heavy atom. The van der Waals surface area contributed by atoms with Gasteiger partial charge in [-0.1, -0.05) is 59.7 Å². The molecule has 0 amide bonds. The second-order valence-electron chi connectivity index (χ2n) is 10.7. The third-order valence-corrected chi connectivity index (χ3v) is 5.93. The number of rotatable bonds is 3. The van der Waals surface area contributed by atoms with Gasteiger partial charge in [0.1, 0.15) is 5.75 Å². The molecular weight excluding hydrogens is 404 g/mol. The molecule has 2 aromatic heterocycles. The molecule has 3 heteroatoms. The summed E-state index contributed by atoms with van der Waals surface area (Å²) in [6.07, 6.45) is 1.83. The summed E-state index contributed by atoms with van der Waals surface area (Å²) < 4.78 is 0. The van der Waals surface area contributed by atoms with Gasteiger partial charge in [-0.2, -0.15) is 0 Å². The summed E-state index contributed by atoms with van der Waals surface area (Å²) in [4.78, 5) is 9.61. The van der Waals surface area contributed by atoms with Gasteiger partial charge < -0.3 is 5.11 Å². The van der Waals surface area contributed by atoms with Crippen LogP contribution >= 0.6 is 0 Å². The van der Waals surface area contributed by atoms with Gasteiger partial charge in [0.2, 0.25) is 0 Å². The van der Waals surface area contributed by atoms with E-state index in [1.54, 1.807) is 6.07 Å². The fraction of sp³-hybridized carbons (Fsp3) is 0.267. The Hall–Kier alpha value is -3.46. The van der Waals surface area contributed by atoms with Crippen LogP contribution < -0.4 is 0 Å². The summed E-state index contributed by atoms with van der Waals surface area (Å²) in [7, 11) is 0. The fourth-order valence-electron chi connectivity index (χ4n) is 3.83. The number of para-hydroxylation sites is 1. The highest BCUT2D eigenvalue weighted by molar-refractivity contribution is 5.75. The van der Waals surface area contributed by atoms with E-state index in [1.165, 1.54) is 11.1 Å². The highest BCUT2D eigenvalue weighted by atomic mass is 16.3. The van der Waals surface area contributed by atoms with Crippen LogP contribution in [0.2, 0.25) is 0 Å². The molecule has 1 N–H and O–H groups in total. The molecule has 2 aromatic carbocycles. The van der Waals surface area contributed by atoms with Gasteiger partial charge in [0, 0.05) is 22.9 Å². The van der Waals surface area contributed by atoms with Gasteiger partial charge in [0.25, 0.3) is 0 Å². The van der Waals surface area contributed by atoms with Gasteiger partial charge in [-0.05, 0) is 76.6 Å². The van der Waals surface area contributed by atoms with Gasteiger partial charge in [-0.3, -0.25) is 4.98 Å². The third-order valence-electron chi connectivity index (χ3n) is 5.93. The van der Waals surface area contributed by atoms with Gasteiger partial charge >= 0.3 is 0 Å². The summed E-state index contributed by atoms with van der Waals surface area (Å²) in [6, 6.07) is 24.3. The Bertz CT molecular complexity index is 1280. The van der Waals surface area contributed by atoms with Crippen LogP contribution in [0.4, 0.5) is 0 Å². The molecule has 0 fully saturated rings. The Morgan fingerprint density at radius 3 is 1.79 bits per heavy atom. The normalized spacial score (nSPS) is 12.1. The number of phenolic OH excluding ortho intramolecular Hbond substituents is 1. The maximum Gasteiger partial charge on any atom is 0.124 e. The number of phenols is 1. The Kier molecular flexibility index (Phi) is 5.84. The first-order valence-corrected chi connectivity index (χ1v) is 11.4. The molecule has 0 radical (unpaired) electrons. The van der Waals surface area contributed by atoms with Crippen molar-refractivity contribution in [2.45, 2.75) is 52.4 Å². The number of aromatic hydroxyl groups is 1. The highest BCUT2D eigenvalue weighted by Crippen LogP contribution is 2.37. The second kappa shape index (κ2) is 8.47. The zero-order valence-electron chi connectivity index (χ0n) is 20.3. The van der Waals surface area contributed by atoms with Crippen LogP contribution in [-0.2, 0) is 10.8 Å². The molecule has 4 rings (SSSR count). The predicted octanol–water partition coefficient (Wildman–Crippen LogP) is 7.78. The smallest absolute Gasteiger partial charge is 0.124 e. The standard InChI is InChI=1S/C30H32N2O/c1-29(2,3)22-16-20(25-12-9-10-14-31-25)15-21(17-22)26-18-23(30(4,5)6)19-27(32-26)24-11-7-8-13-28(24)33/h7-19,33H,1-6H3. The number of pyridine rings is 2. The van der Waals surface area contributed by atoms with Crippen LogP contribution in [0.15, 0.2) is 79.0 Å². The maximum atomic E-state index is 10.5. The van der Waals surface area contributed by atoms with E-state index >= 15 is 0 Å². The Balaban J connectivity index is 1.98. The molecule has 0 atom stereocenters. The first-order valence-electron chi connectivity index (χ1n) is 11.4. The number of hydrogen-bond donors (Lipinski definition) is 1. The minimum atomic E-state index is -0.0672. The predicted molar refractivity (Wildman–Crippen MR) is 137 cm³/mol. The molecule has 3 nitrogen and oxygen atoms in total. The Morgan fingerprint density at radius 1 is 0.606 bits per heavy atom. The SMILES string of the molecule is CC(C)(C)c1cc(-c2ccccn2)cc(-c2cc(C(C)(C)C)cc(-c3ccccc3O)n2)c1. The van der Waals surface area contributed by atoms with Crippen molar-refractivity contribution in [1.82, 2.24) is 9.97 Å². The third kappa shape index (κ3) is 4.98. The van der Waals surface area contributed by atoms with Crippen molar-refractivity contribution in [3.8, 4) is 39.5 Å². The summed E-state index contributed by atoms with van der Waals surface area (Å²) in [5.41, 5.74) is 7.78. The van der Waals surface area contributed by atoms with Gasteiger partial charge in [-0.15, -0.1) is 0 Å². The van der Waals surface area contributed by atoms with Crippen LogP contribution in [0.1, 0.15) is 52.7 Å². The van der Waals surface area contributed by atoms with E-state index in [2.05, 4.69) is 76.9 Å². The molecule has 0 bridgehead atoms. The molecule has 0 spiro atoms. The molecule has 0 aliphatic heterocycles. The largest absolute Gasteiger partial charge is 0.507 e. The Labute approximate surface area is 197 Å². The number of benzene rings is 2. The van der Waals surface area contributed by atoms with Crippen molar-refractivity contribution < 1.29 is 5.11 Å². The van der Waals surface area contributed by atoms with Crippen molar-refractivity contribution in [1.29, 1.82) is 0 Å². The zero-order chi connectivity index (χ0) is 23.8. The van der Waals surface area contributed by atoms with Crippen LogP contribution in [0.5, 0.6) is 5.75 Å². The lowest BCUT2D eigenvalue weighted by molar-refractivity contribution is 0.477. The summed E-state index contributed by atoms with van der Waals surface area (Å²) in [5.74, 6) is 0.236. The molecule has 0 unspecified atom stereocenters. The minimum Gasteiger partial charge on any atom is -0.507 e. The van der Waals surface area contributed by atoms with Crippen LogP contribution in [0, 0.1) is 0 Å². The molecule has 0 saturated heterocycles. The number of aromatic nitrogens is 2. The fourth-order valence-corrected chi connectivity index (χ4v) is 3.83. The molecule has 0 aliphatic carbocycles. The molecular formula is C30H32N2O. The summed E-state index contributed by atoms with van der Waals surface area (Å²) in [5, 5.41) is 10.5. The van der Waals surface area contributed by atoms with E-state index in [9.17, 15) is 5.11 Å². The van der Waals surface area contributed by atoms with Gasteiger partial charge in [0.15, 0.2) is 0 Å². The lowest BCUT2D eigenvalue weighted by Gasteiger charge is -2.23. The minimum absolute atomic E-state index is 0.0261. The monoisotopic (exact) mass is 436 g/mol. The lowest BCUT2D eigenvalue weighted by Crippen LogP contribution is -2.13. The first-order chi connectivity index (χ1) is 15.5. The topological polar surface area (TPSA) is 46.0 Å². The van der Waals surface area contributed by atoms with E-state index in [0.29, 0.717) is 0 Å². The molecule has 33 heavy (non-hydrogen) atoms. The average molecular weight is 437 g/mol. The van der Waals surface area contributed by atoms with E-state index in [0.717, 1.165) is 33.8 Å². The van der Waals surface area contributed by atoms with Crippen LogP contribution in [0.25, 0.3) is 33.8 Å². The molecule has 168 valence electrons. The summed E-state index contributed by atoms with van der Waals surface area (Å²) >= 11 is 0. The van der Waals surface area contributed by atoms with E-state index in [4.69, 9.17) is 4.98 Å². The number of hydrogen-bond acceptors (Lipinski definition) is 3. The van der Waals surface area contributed by atoms with Crippen molar-refractivity contribution in [2.75, 3.05) is 0 Å². The van der Waals surface area contributed by atoms with Gasteiger partial charge in [0.05, 0.1) is 17.1 Å². The quantitative estimate of drug-likeness (QED) is 0.357. The summed E-state index contributed by atoms with van der Waals surface area (Å²) in [6.45, 7) is 13.3. The van der Waals surface area contributed by atoms with Gasteiger partial charge in [-0.25, -0.2) is 4.98 Å². The molecule has 0 aliphatic rings. The average Bonchev–Trinajstić information content (AvgIpc) is 2.78. The zero-order valence-corrected chi connectivity index (χ0v) is 20.3. The van der Waals surface area contributed by atoms with Crippen molar-refractivity contribution >= 4 is 0 Å². The second-order valence-corrected chi connectivity index (χ2v) is 10.7. The first kappa shape index (κ1) is 22.7.